The van der Waals surface area contributed by atoms with Crippen molar-refractivity contribution < 1.29 is 0 Å². The second-order valence-electron chi connectivity index (χ2n) is 35.5. The van der Waals surface area contributed by atoms with Crippen molar-refractivity contribution in [3.8, 4) is 100 Å². The molecular formula is C118H90N2. The van der Waals surface area contributed by atoms with Gasteiger partial charge in [-0.1, -0.05) is 365 Å². The highest BCUT2D eigenvalue weighted by Gasteiger charge is 2.41. The van der Waals surface area contributed by atoms with Crippen LogP contribution in [0.3, 0.4) is 0 Å². The molecule has 23 rings (SSSR count). The average Bonchev–Trinajstić information content (AvgIpc) is 1.57. The summed E-state index contributed by atoms with van der Waals surface area (Å²) in [6.45, 7) is 19.0. The van der Waals surface area contributed by atoms with E-state index in [0.29, 0.717) is 0 Å². The van der Waals surface area contributed by atoms with E-state index in [2.05, 4.69) is 466 Å². The number of anilines is 6. The Labute approximate surface area is 704 Å². The lowest BCUT2D eigenvalue weighted by molar-refractivity contribution is 0.659. The number of fused-ring (bicyclic) bond motifs is 16. The molecule has 0 heterocycles. The molecule has 0 spiro atoms. The van der Waals surface area contributed by atoms with Crippen molar-refractivity contribution in [1.82, 2.24) is 0 Å². The maximum Gasteiger partial charge on any atom is 0.0618 e. The Morgan fingerprint density at radius 3 is 0.900 bits per heavy atom. The smallest absolute Gasteiger partial charge is 0.0618 e. The topological polar surface area (TPSA) is 6.48 Å². The maximum atomic E-state index is 2.58. The van der Waals surface area contributed by atoms with Crippen LogP contribution in [0.25, 0.3) is 143 Å². The summed E-state index contributed by atoms with van der Waals surface area (Å²) < 4.78 is 0. The van der Waals surface area contributed by atoms with Gasteiger partial charge in [0, 0.05) is 61.1 Å². The van der Waals surface area contributed by atoms with Gasteiger partial charge in [0.25, 0.3) is 0 Å². The van der Waals surface area contributed by atoms with Crippen molar-refractivity contribution in [1.29, 1.82) is 0 Å². The van der Waals surface area contributed by atoms with Crippen LogP contribution in [-0.4, -0.2) is 0 Å². The van der Waals surface area contributed by atoms with E-state index in [1.54, 1.807) is 0 Å². The Hall–Kier alpha value is -14.2. The van der Waals surface area contributed by atoms with E-state index in [9.17, 15) is 0 Å². The fourth-order valence-electron chi connectivity index (χ4n) is 20.9. The Kier molecular flexibility index (Phi) is 16.7. The van der Waals surface area contributed by atoms with Crippen molar-refractivity contribution in [2.45, 2.75) is 77.0 Å². The summed E-state index contributed by atoms with van der Waals surface area (Å²) >= 11 is 0. The Morgan fingerprint density at radius 2 is 0.458 bits per heavy atom. The predicted molar refractivity (Wildman–Crippen MR) is 510 cm³/mol. The van der Waals surface area contributed by atoms with Crippen LogP contribution >= 0.6 is 0 Å². The molecule has 0 atom stereocenters. The lowest BCUT2D eigenvalue weighted by Crippen LogP contribution is -2.18. The van der Waals surface area contributed by atoms with Gasteiger partial charge in [-0.25, -0.2) is 0 Å². The van der Waals surface area contributed by atoms with E-state index in [1.165, 1.54) is 188 Å². The largest absolute Gasteiger partial charge is 0.310 e. The van der Waals surface area contributed by atoms with Gasteiger partial charge in [0.15, 0.2) is 0 Å². The first-order valence-corrected chi connectivity index (χ1v) is 42.4. The SMILES string of the molecule is CC1(C)c2ccccc2-c2ccc(N(c3ccc4c(c3)C(C)(C)c3ccccc3-4)c3c(-c4ccccc4)cc(-c4ccc5ccccc5c4)cc3-c3ccc4ccccc4c3)cc21.CC1(C)c2ccccc2-c2ccc(N(c3ccc4c(c3)C(C)(C)c3ccccc3-4)c3ccc(-c4ccc5ccccc5c4)cc3-c3cccc4ccccc34)cc21. The molecule has 0 radical (unpaired) electrons. The Balaban J connectivity index is 0.000000145. The van der Waals surface area contributed by atoms with Crippen LogP contribution in [0.5, 0.6) is 0 Å². The third-order valence-electron chi connectivity index (χ3n) is 27.3. The normalized spacial score (nSPS) is 14.1. The van der Waals surface area contributed by atoms with Crippen molar-refractivity contribution in [3.63, 3.8) is 0 Å². The molecule has 0 unspecified atom stereocenters. The van der Waals surface area contributed by atoms with Crippen LogP contribution in [0.1, 0.15) is 99.9 Å². The number of benzene rings is 19. The summed E-state index contributed by atoms with van der Waals surface area (Å²) in [6, 6.07) is 150. The van der Waals surface area contributed by atoms with Crippen LogP contribution < -0.4 is 9.80 Å². The fraction of sp³-hybridized carbons (Fsp3) is 0.102. The molecule has 120 heavy (non-hydrogen) atoms. The zero-order chi connectivity index (χ0) is 80.9. The van der Waals surface area contributed by atoms with Gasteiger partial charge in [-0.15, -0.1) is 0 Å². The van der Waals surface area contributed by atoms with Crippen LogP contribution in [0.15, 0.2) is 400 Å². The van der Waals surface area contributed by atoms with E-state index < -0.39 is 0 Å². The van der Waals surface area contributed by atoms with E-state index >= 15 is 0 Å². The van der Waals surface area contributed by atoms with Gasteiger partial charge in [-0.2, -0.15) is 0 Å². The molecule has 0 saturated heterocycles. The lowest BCUT2D eigenvalue weighted by Gasteiger charge is -2.33. The highest BCUT2D eigenvalue weighted by Crippen LogP contribution is 2.59. The molecule has 572 valence electrons. The highest BCUT2D eigenvalue weighted by atomic mass is 15.2. The molecule has 4 aliphatic carbocycles. The second kappa shape index (κ2) is 27.7. The van der Waals surface area contributed by atoms with Crippen LogP contribution in [0.4, 0.5) is 34.1 Å². The molecule has 4 aliphatic rings. The quantitative estimate of drug-likeness (QED) is 0.127. The molecule has 0 amide bonds. The number of hydrogen-bond donors (Lipinski definition) is 0. The number of hydrogen-bond acceptors (Lipinski definition) is 2. The van der Waals surface area contributed by atoms with Crippen LogP contribution in [0.2, 0.25) is 0 Å². The lowest BCUT2D eigenvalue weighted by atomic mass is 9.82. The van der Waals surface area contributed by atoms with Gasteiger partial charge in [0.2, 0.25) is 0 Å². The molecule has 0 bridgehead atoms. The first kappa shape index (κ1) is 72.3. The Morgan fingerprint density at radius 1 is 0.158 bits per heavy atom. The minimum absolute atomic E-state index is 0.131. The monoisotopic (exact) mass is 1530 g/mol. The van der Waals surface area contributed by atoms with Gasteiger partial charge in [0.05, 0.1) is 11.4 Å². The Bertz CT molecular complexity index is 7210. The van der Waals surface area contributed by atoms with Gasteiger partial charge in [-0.3, -0.25) is 0 Å². The molecular weight excluding hydrogens is 1450 g/mol. The minimum atomic E-state index is -0.168. The number of rotatable bonds is 11. The van der Waals surface area contributed by atoms with E-state index in [0.717, 1.165) is 34.1 Å². The molecule has 0 saturated carbocycles. The van der Waals surface area contributed by atoms with Gasteiger partial charge >= 0.3 is 0 Å². The first-order valence-electron chi connectivity index (χ1n) is 42.4. The molecule has 19 aromatic rings. The summed E-state index contributed by atoms with van der Waals surface area (Å²) in [4.78, 5) is 5.11. The fourth-order valence-corrected chi connectivity index (χ4v) is 20.9. The zero-order valence-corrected chi connectivity index (χ0v) is 69.0. The molecule has 0 fully saturated rings. The van der Waals surface area contributed by atoms with Crippen molar-refractivity contribution in [2.24, 2.45) is 0 Å². The standard InChI is InChI=1S/C62H47N.C56H43N/c1-61(2)56-24-14-12-22-50(56)52-32-30-48(38-58(52)61)63(49-31-33-53-51-23-13-15-25-57(51)62(3,4)59(53)39-49)60-54(42-18-6-5-7-19-42)36-47(45-28-26-40-16-8-10-20-43(40)34-45)37-55(60)46-29-27-41-17-9-11-21-44(41)35-46;1-55(2)50-22-11-9-19-45(50)47-29-27-41(34-52(47)55)57(42-28-30-48-46-20-10-12-23-51(46)56(3,4)53(48)35-42)54-31-26-40(39-25-24-36-14-5-6-16-38(36)32-39)33-49(54)44-21-13-17-37-15-7-8-18-43(37)44/h5-39H,1-4H3;5-35H,1-4H3. The highest BCUT2D eigenvalue weighted by molar-refractivity contribution is 6.06. The molecule has 0 N–H and O–H groups in total. The third-order valence-corrected chi connectivity index (χ3v) is 27.3. The summed E-state index contributed by atoms with van der Waals surface area (Å²) in [6.07, 6.45) is 0. The predicted octanol–water partition coefficient (Wildman–Crippen LogP) is 32.5. The number of nitrogens with zero attached hydrogens (tertiary/aromatic N) is 2. The van der Waals surface area contributed by atoms with Gasteiger partial charge < -0.3 is 9.80 Å². The summed E-state index contributed by atoms with van der Waals surface area (Å²) in [5, 5.41) is 9.90. The average molecular weight is 1540 g/mol. The zero-order valence-electron chi connectivity index (χ0n) is 69.0. The summed E-state index contributed by atoms with van der Waals surface area (Å²) in [7, 11) is 0. The van der Waals surface area contributed by atoms with Crippen molar-refractivity contribution in [3.05, 3.63) is 445 Å². The summed E-state index contributed by atoms with van der Waals surface area (Å²) in [5.41, 5.74) is 39.8. The van der Waals surface area contributed by atoms with E-state index in [4.69, 9.17) is 0 Å². The maximum absolute atomic E-state index is 2.58. The van der Waals surface area contributed by atoms with E-state index in [1.807, 2.05) is 0 Å². The molecule has 2 heteroatoms. The van der Waals surface area contributed by atoms with E-state index in [-0.39, 0.29) is 21.7 Å². The van der Waals surface area contributed by atoms with Crippen molar-refractivity contribution in [2.75, 3.05) is 9.80 Å². The molecule has 0 aliphatic heterocycles. The molecule has 2 nitrogen and oxygen atoms in total. The summed E-state index contributed by atoms with van der Waals surface area (Å²) in [5.74, 6) is 0. The van der Waals surface area contributed by atoms with Gasteiger partial charge in [0.1, 0.15) is 0 Å². The molecule has 19 aromatic carbocycles. The molecule has 0 aromatic heterocycles. The minimum Gasteiger partial charge on any atom is -0.310 e. The van der Waals surface area contributed by atoms with Crippen molar-refractivity contribution >= 4 is 77.2 Å². The first-order chi connectivity index (χ1) is 58.5. The van der Waals surface area contributed by atoms with Crippen LogP contribution in [0, 0.1) is 0 Å². The third kappa shape index (κ3) is 11.6. The van der Waals surface area contributed by atoms with Gasteiger partial charge in [-0.05, 0) is 262 Å². The van der Waals surface area contributed by atoms with Crippen LogP contribution in [-0.2, 0) is 21.7 Å². The second-order valence-corrected chi connectivity index (χ2v) is 35.5.